The average Bonchev–Trinajstić information content (AvgIpc) is 2.51. The molecule has 1 aliphatic carbocycles. The van der Waals surface area contributed by atoms with E-state index in [1.165, 1.54) is 0 Å². The van der Waals surface area contributed by atoms with Crippen LogP contribution >= 0.6 is 11.6 Å². The molecule has 0 unspecified atom stereocenters. The molecule has 0 bridgehead atoms. The quantitative estimate of drug-likeness (QED) is 0.767. The zero-order valence-corrected chi connectivity index (χ0v) is 13.2. The van der Waals surface area contributed by atoms with Crippen LogP contribution in [0.5, 0.6) is 5.88 Å². The number of rotatable bonds is 3. The molecular formula is C17H18ClF2NO. The Labute approximate surface area is 133 Å². The lowest BCUT2D eigenvalue weighted by molar-refractivity contribution is -0.0456. The highest BCUT2D eigenvalue weighted by atomic mass is 35.5. The molecule has 0 atom stereocenters. The van der Waals surface area contributed by atoms with E-state index < -0.39 is 5.92 Å². The summed E-state index contributed by atoms with van der Waals surface area (Å²) in [6.45, 7) is 0. The lowest BCUT2D eigenvalue weighted by Crippen LogP contribution is -2.25. The van der Waals surface area contributed by atoms with E-state index in [2.05, 4.69) is 4.98 Å². The molecule has 1 aromatic carbocycles. The van der Waals surface area contributed by atoms with Crippen LogP contribution in [-0.4, -0.2) is 18.0 Å². The van der Waals surface area contributed by atoms with Gasteiger partial charge < -0.3 is 4.74 Å². The van der Waals surface area contributed by atoms with Gasteiger partial charge in [0.2, 0.25) is 11.8 Å². The molecule has 2 nitrogen and oxygen atoms in total. The minimum absolute atomic E-state index is 0.0430. The number of ether oxygens (including phenoxy) is 1. The van der Waals surface area contributed by atoms with Crippen LogP contribution in [0.3, 0.4) is 0 Å². The Balaban J connectivity index is 1.91. The van der Waals surface area contributed by atoms with Crippen LogP contribution < -0.4 is 4.74 Å². The van der Waals surface area contributed by atoms with Crippen LogP contribution in [0.4, 0.5) is 8.78 Å². The molecule has 0 radical (unpaired) electrons. The first kappa shape index (κ1) is 15.5. The highest BCUT2D eigenvalue weighted by Gasteiger charge is 2.35. The summed E-state index contributed by atoms with van der Waals surface area (Å²) >= 11 is 6.53. The molecule has 0 aliphatic heterocycles. The number of nitrogens with zero attached hydrogens (tertiary/aromatic N) is 1. The number of pyridine rings is 1. The molecule has 5 heteroatoms. The predicted molar refractivity (Wildman–Crippen MR) is 83.9 cm³/mol. The molecule has 0 spiro atoms. The van der Waals surface area contributed by atoms with Gasteiger partial charge in [-0.2, -0.15) is 0 Å². The highest BCUT2D eigenvalue weighted by molar-refractivity contribution is 6.36. The SMILES string of the molecule is COc1nc2ccccc2c(Cl)c1CC1CCC(F)(F)CC1. The Morgan fingerprint density at radius 1 is 1.27 bits per heavy atom. The maximum Gasteiger partial charge on any atom is 0.248 e. The van der Waals surface area contributed by atoms with Gasteiger partial charge in [-0.3, -0.25) is 0 Å². The second-order valence-corrected chi connectivity index (χ2v) is 6.31. The van der Waals surface area contributed by atoms with E-state index in [-0.39, 0.29) is 18.8 Å². The number of hydrogen-bond donors (Lipinski definition) is 0. The Hall–Kier alpha value is -1.42. The van der Waals surface area contributed by atoms with Crippen LogP contribution in [0.25, 0.3) is 10.9 Å². The second kappa shape index (κ2) is 5.99. The topological polar surface area (TPSA) is 22.1 Å². The van der Waals surface area contributed by atoms with E-state index in [0.29, 0.717) is 30.2 Å². The molecule has 0 saturated heterocycles. The minimum Gasteiger partial charge on any atom is -0.481 e. The van der Waals surface area contributed by atoms with Gasteiger partial charge in [0.15, 0.2) is 0 Å². The van der Waals surface area contributed by atoms with Crippen LogP contribution in [0, 0.1) is 5.92 Å². The summed E-state index contributed by atoms with van der Waals surface area (Å²) in [5.74, 6) is -1.80. The van der Waals surface area contributed by atoms with Gasteiger partial charge in [0.1, 0.15) is 0 Å². The van der Waals surface area contributed by atoms with Crippen LogP contribution in [0.2, 0.25) is 5.02 Å². The zero-order valence-electron chi connectivity index (χ0n) is 12.4. The lowest BCUT2D eigenvalue weighted by atomic mass is 9.83. The van der Waals surface area contributed by atoms with E-state index in [1.54, 1.807) is 7.11 Å². The summed E-state index contributed by atoms with van der Waals surface area (Å²) in [6.07, 6.45) is 1.58. The second-order valence-electron chi connectivity index (χ2n) is 5.93. The third kappa shape index (κ3) is 3.02. The lowest BCUT2D eigenvalue weighted by Gasteiger charge is -2.28. The molecule has 1 saturated carbocycles. The molecule has 3 rings (SSSR count). The van der Waals surface area contributed by atoms with Crippen molar-refractivity contribution in [3.05, 3.63) is 34.9 Å². The monoisotopic (exact) mass is 325 g/mol. The van der Waals surface area contributed by atoms with E-state index in [0.717, 1.165) is 16.5 Å². The number of hydrogen-bond acceptors (Lipinski definition) is 2. The first-order valence-corrected chi connectivity index (χ1v) is 7.87. The Bertz CT molecular complexity index is 680. The third-order valence-electron chi connectivity index (χ3n) is 4.41. The Morgan fingerprint density at radius 2 is 1.95 bits per heavy atom. The summed E-state index contributed by atoms with van der Waals surface area (Å²) in [5.41, 5.74) is 1.61. The van der Waals surface area contributed by atoms with Gasteiger partial charge in [-0.15, -0.1) is 0 Å². The normalized spacial score (nSPS) is 18.5. The van der Waals surface area contributed by atoms with Gasteiger partial charge in [0.05, 0.1) is 17.6 Å². The standard InChI is InChI=1S/C17H18ClF2NO/c1-22-16-13(10-11-6-8-17(19,20)9-7-11)15(18)12-4-2-3-5-14(12)21-16/h2-5,11H,6-10H2,1H3. The summed E-state index contributed by atoms with van der Waals surface area (Å²) in [6, 6.07) is 7.61. The van der Waals surface area contributed by atoms with Crippen molar-refractivity contribution >= 4 is 22.5 Å². The first-order valence-electron chi connectivity index (χ1n) is 7.49. The smallest absolute Gasteiger partial charge is 0.248 e. The van der Waals surface area contributed by atoms with E-state index in [1.807, 2.05) is 24.3 Å². The zero-order chi connectivity index (χ0) is 15.7. The molecule has 22 heavy (non-hydrogen) atoms. The maximum absolute atomic E-state index is 13.3. The number of para-hydroxylation sites is 1. The van der Waals surface area contributed by atoms with Gasteiger partial charge in [-0.1, -0.05) is 29.8 Å². The van der Waals surface area contributed by atoms with Gasteiger partial charge in [0, 0.05) is 23.8 Å². The number of fused-ring (bicyclic) bond motifs is 1. The van der Waals surface area contributed by atoms with Crippen molar-refractivity contribution < 1.29 is 13.5 Å². The van der Waals surface area contributed by atoms with Crippen LogP contribution in [-0.2, 0) is 6.42 Å². The Kier molecular flexibility index (Phi) is 4.22. The summed E-state index contributed by atoms with van der Waals surface area (Å²) in [4.78, 5) is 4.49. The van der Waals surface area contributed by atoms with Crippen LogP contribution in [0.15, 0.2) is 24.3 Å². The van der Waals surface area contributed by atoms with E-state index >= 15 is 0 Å². The minimum atomic E-state index is -2.51. The fourth-order valence-corrected chi connectivity index (χ4v) is 3.45. The van der Waals surface area contributed by atoms with Crippen molar-refractivity contribution in [1.29, 1.82) is 0 Å². The number of methoxy groups -OCH3 is 1. The number of aromatic nitrogens is 1. The average molecular weight is 326 g/mol. The van der Waals surface area contributed by atoms with Gasteiger partial charge >= 0.3 is 0 Å². The summed E-state index contributed by atoms with van der Waals surface area (Å²) in [5, 5.41) is 1.50. The molecule has 0 N–H and O–H groups in total. The van der Waals surface area contributed by atoms with Gasteiger partial charge in [-0.25, -0.2) is 13.8 Å². The third-order valence-corrected chi connectivity index (χ3v) is 4.84. The molecule has 0 amide bonds. The van der Waals surface area contributed by atoms with Crippen molar-refractivity contribution in [2.45, 2.75) is 38.0 Å². The van der Waals surface area contributed by atoms with Crippen molar-refractivity contribution in [1.82, 2.24) is 4.98 Å². The van der Waals surface area contributed by atoms with Crippen molar-refractivity contribution in [2.75, 3.05) is 7.11 Å². The maximum atomic E-state index is 13.3. The largest absolute Gasteiger partial charge is 0.481 e. The van der Waals surface area contributed by atoms with E-state index in [4.69, 9.17) is 16.3 Å². The molecule has 1 aliphatic rings. The Morgan fingerprint density at radius 3 is 2.64 bits per heavy atom. The fourth-order valence-electron chi connectivity index (χ4n) is 3.13. The molecule has 118 valence electrons. The van der Waals surface area contributed by atoms with Crippen molar-refractivity contribution in [3.63, 3.8) is 0 Å². The van der Waals surface area contributed by atoms with Gasteiger partial charge in [0.25, 0.3) is 0 Å². The molecule has 1 aromatic heterocycles. The number of alkyl halides is 2. The van der Waals surface area contributed by atoms with Gasteiger partial charge in [-0.05, 0) is 31.2 Å². The first-order chi connectivity index (χ1) is 10.5. The van der Waals surface area contributed by atoms with Crippen molar-refractivity contribution in [3.8, 4) is 5.88 Å². The van der Waals surface area contributed by atoms with E-state index in [9.17, 15) is 8.78 Å². The summed E-state index contributed by atoms with van der Waals surface area (Å²) in [7, 11) is 1.56. The fraction of sp³-hybridized carbons (Fsp3) is 0.471. The number of halogens is 3. The number of benzene rings is 1. The molecule has 1 heterocycles. The summed E-state index contributed by atoms with van der Waals surface area (Å²) < 4.78 is 31.9. The highest BCUT2D eigenvalue weighted by Crippen LogP contribution is 2.40. The molecule has 1 fully saturated rings. The van der Waals surface area contributed by atoms with Crippen LogP contribution in [0.1, 0.15) is 31.2 Å². The van der Waals surface area contributed by atoms with Crippen molar-refractivity contribution in [2.24, 2.45) is 5.92 Å². The predicted octanol–water partition coefficient (Wildman–Crippen LogP) is 5.26. The molecule has 2 aromatic rings. The molecular weight excluding hydrogens is 308 g/mol.